The first-order valence-electron chi connectivity index (χ1n) is 7.23. The van der Waals surface area contributed by atoms with Crippen LogP contribution in [0, 0.1) is 13.8 Å². The quantitative estimate of drug-likeness (QED) is 0.329. The van der Waals surface area contributed by atoms with Crippen LogP contribution in [0.2, 0.25) is 0 Å². The van der Waals surface area contributed by atoms with E-state index in [0.29, 0.717) is 0 Å². The van der Waals surface area contributed by atoms with Gasteiger partial charge in [0.2, 0.25) is 5.69 Å². The Balaban J connectivity index is 0.000000485. The van der Waals surface area contributed by atoms with E-state index >= 15 is 0 Å². The van der Waals surface area contributed by atoms with Crippen LogP contribution in [0.15, 0.2) is 10.5 Å². The van der Waals surface area contributed by atoms with E-state index in [9.17, 15) is 39.9 Å². The fourth-order valence-electron chi connectivity index (χ4n) is 1.74. The zero-order chi connectivity index (χ0) is 20.9. The highest BCUT2D eigenvalue weighted by atomic mass is 32.2. The molecule has 0 aromatic carbocycles. The SMILES string of the molecule is CCCCn1c(C)cc(C)[n+]1C.O=S(=O)(/N=C(\[O-])C(F)(F)F)C(F)(F)F. The van der Waals surface area contributed by atoms with Gasteiger partial charge in [0.15, 0.2) is 7.05 Å². The molecule has 26 heavy (non-hydrogen) atoms. The van der Waals surface area contributed by atoms with Gasteiger partial charge < -0.3 is 5.11 Å². The van der Waals surface area contributed by atoms with Crippen molar-refractivity contribution in [2.24, 2.45) is 11.4 Å². The van der Waals surface area contributed by atoms with Crippen molar-refractivity contribution in [3.63, 3.8) is 0 Å². The number of alkyl halides is 6. The van der Waals surface area contributed by atoms with Gasteiger partial charge in [0.05, 0.1) is 18.1 Å². The van der Waals surface area contributed by atoms with Crippen LogP contribution in [0.25, 0.3) is 0 Å². The Morgan fingerprint density at radius 3 is 2.04 bits per heavy atom. The highest BCUT2D eigenvalue weighted by molar-refractivity contribution is 7.91. The summed E-state index contributed by atoms with van der Waals surface area (Å²) in [5.41, 5.74) is -3.32. The van der Waals surface area contributed by atoms with Crippen molar-refractivity contribution in [1.82, 2.24) is 4.68 Å². The molecular formula is C13H19F6N3O3S. The third kappa shape index (κ3) is 6.84. The summed E-state index contributed by atoms with van der Waals surface area (Å²) >= 11 is 0. The van der Waals surface area contributed by atoms with Gasteiger partial charge >= 0.3 is 21.7 Å². The molecule has 0 spiro atoms. The molecule has 0 fully saturated rings. The molecule has 0 atom stereocenters. The van der Waals surface area contributed by atoms with Crippen LogP contribution in [-0.4, -0.2) is 30.7 Å². The van der Waals surface area contributed by atoms with Crippen molar-refractivity contribution in [3.05, 3.63) is 17.5 Å². The van der Waals surface area contributed by atoms with Crippen LogP contribution in [0.1, 0.15) is 31.2 Å². The van der Waals surface area contributed by atoms with Crippen molar-refractivity contribution in [3.8, 4) is 0 Å². The van der Waals surface area contributed by atoms with Gasteiger partial charge in [-0.15, -0.1) is 4.68 Å². The number of sulfonamides is 1. The Bertz CT molecular complexity index is 736. The Morgan fingerprint density at radius 1 is 1.23 bits per heavy atom. The summed E-state index contributed by atoms with van der Waals surface area (Å²) in [6, 6.07) is 2.23. The second-order valence-electron chi connectivity index (χ2n) is 5.24. The van der Waals surface area contributed by atoms with Crippen molar-refractivity contribution < 1.29 is 44.5 Å². The Hall–Kier alpha value is -1.79. The monoisotopic (exact) mass is 411 g/mol. The zero-order valence-electron chi connectivity index (χ0n) is 14.4. The van der Waals surface area contributed by atoms with Crippen molar-refractivity contribution in [1.29, 1.82) is 0 Å². The second kappa shape index (κ2) is 8.73. The number of halogens is 6. The molecule has 6 nitrogen and oxygen atoms in total. The van der Waals surface area contributed by atoms with Crippen LogP contribution in [0.3, 0.4) is 0 Å². The normalized spacial score (nSPS) is 13.4. The molecule has 1 aromatic heterocycles. The maximum absolute atomic E-state index is 11.4. The largest absolute Gasteiger partial charge is 0.855 e. The molecule has 13 heteroatoms. The van der Waals surface area contributed by atoms with Gasteiger partial charge in [-0.1, -0.05) is 13.3 Å². The molecule has 1 heterocycles. The maximum atomic E-state index is 11.4. The molecule has 0 bridgehead atoms. The van der Waals surface area contributed by atoms with Gasteiger partial charge in [0, 0.05) is 13.0 Å². The average Bonchev–Trinajstić information content (AvgIpc) is 2.68. The van der Waals surface area contributed by atoms with Crippen LogP contribution < -0.4 is 9.79 Å². The van der Waals surface area contributed by atoms with E-state index < -0.39 is 27.6 Å². The van der Waals surface area contributed by atoms with E-state index in [1.807, 2.05) is 0 Å². The first kappa shape index (κ1) is 24.2. The summed E-state index contributed by atoms with van der Waals surface area (Å²) in [4.78, 5) is 0. The molecule has 0 amide bonds. The number of nitrogens with zero attached hydrogens (tertiary/aromatic N) is 3. The van der Waals surface area contributed by atoms with Gasteiger partial charge in [0.1, 0.15) is 0 Å². The van der Waals surface area contributed by atoms with Crippen LogP contribution >= 0.6 is 0 Å². The Kier molecular flexibility index (Phi) is 8.13. The molecule has 152 valence electrons. The van der Waals surface area contributed by atoms with E-state index in [-0.39, 0.29) is 0 Å². The third-order valence-electron chi connectivity index (χ3n) is 3.16. The van der Waals surface area contributed by atoms with Gasteiger partial charge in [-0.25, -0.2) is 0 Å². The second-order valence-corrected chi connectivity index (χ2v) is 6.84. The van der Waals surface area contributed by atoms with Crippen molar-refractivity contribution in [2.75, 3.05) is 0 Å². The maximum Gasteiger partial charge on any atom is 0.518 e. The predicted molar refractivity (Wildman–Crippen MR) is 78.5 cm³/mol. The van der Waals surface area contributed by atoms with E-state index in [4.69, 9.17) is 0 Å². The van der Waals surface area contributed by atoms with E-state index in [2.05, 4.69) is 43.2 Å². The van der Waals surface area contributed by atoms with Crippen LogP contribution in [-0.2, 0) is 23.6 Å². The third-order valence-corrected chi connectivity index (χ3v) is 4.15. The Labute approximate surface area is 146 Å². The summed E-state index contributed by atoms with van der Waals surface area (Å²) in [5, 5.41) is 9.76. The summed E-state index contributed by atoms with van der Waals surface area (Å²) < 4.78 is 93.4. The molecule has 0 saturated carbocycles. The molecule has 0 unspecified atom stereocenters. The molecule has 0 aliphatic heterocycles. The number of aryl methyl sites for hydroxylation is 2. The number of hydrogen-bond acceptors (Lipinski definition) is 3. The lowest BCUT2D eigenvalue weighted by Crippen LogP contribution is -2.41. The first-order chi connectivity index (χ1) is 11.5. The summed E-state index contributed by atoms with van der Waals surface area (Å²) in [5.74, 6) is -3.32. The fourth-order valence-corrected chi connectivity index (χ4v) is 2.17. The molecule has 0 aliphatic carbocycles. The topological polar surface area (TPSA) is 78.4 Å². The molecule has 0 aliphatic rings. The molecule has 0 N–H and O–H groups in total. The Morgan fingerprint density at radius 2 is 1.73 bits per heavy atom. The molecular weight excluding hydrogens is 392 g/mol. The van der Waals surface area contributed by atoms with E-state index in [1.165, 1.54) is 24.2 Å². The van der Waals surface area contributed by atoms with Crippen LogP contribution in [0.4, 0.5) is 26.3 Å². The first-order valence-corrected chi connectivity index (χ1v) is 8.67. The number of rotatable bonds is 4. The van der Waals surface area contributed by atoms with Gasteiger partial charge in [-0.3, -0.25) is 0 Å². The van der Waals surface area contributed by atoms with Gasteiger partial charge in [-0.2, -0.15) is 43.8 Å². The average molecular weight is 411 g/mol. The molecule has 1 aromatic rings. The minimum Gasteiger partial charge on any atom is -0.855 e. The highest BCUT2D eigenvalue weighted by Gasteiger charge is 2.47. The predicted octanol–water partition coefficient (Wildman–Crippen LogP) is 1.89. The van der Waals surface area contributed by atoms with Crippen molar-refractivity contribution in [2.45, 2.75) is 51.8 Å². The standard InChI is InChI=1S/C10H19N2.C3HF6NO3S/c1-5-6-7-12-10(3)8-9(2)11(12)4;4-2(5,6)1(11)10-14(12,13)3(7,8)9/h8H,5-7H2,1-4H3;(H,10,11)/q+1;/p-1. The summed E-state index contributed by atoms with van der Waals surface area (Å²) in [7, 11) is -4.30. The molecule has 0 saturated heterocycles. The zero-order valence-corrected chi connectivity index (χ0v) is 15.3. The van der Waals surface area contributed by atoms with Crippen molar-refractivity contribution >= 4 is 15.9 Å². The highest BCUT2D eigenvalue weighted by Crippen LogP contribution is 2.26. The smallest absolute Gasteiger partial charge is 0.518 e. The summed E-state index contributed by atoms with van der Waals surface area (Å²) in [6.07, 6.45) is -3.22. The van der Waals surface area contributed by atoms with Crippen LogP contribution in [0.5, 0.6) is 0 Å². The lowest BCUT2D eigenvalue weighted by Gasteiger charge is -2.14. The number of unbranched alkanes of at least 4 members (excludes halogenated alkanes) is 1. The van der Waals surface area contributed by atoms with E-state index in [0.717, 1.165) is 10.9 Å². The minimum absolute atomic E-state index is 1.03. The lowest BCUT2D eigenvalue weighted by atomic mass is 10.3. The van der Waals surface area contributed by atoms with E-state index in [1.54, 1.807) is 0 Å². The van der Waals surface area contributed by atoms with Gasteiger partial charge in [0.25, 0.3) is 0 Å². The molecule has 0 radical (unpaired) electrons. The lowest BCUT2D eigenvalue weighted by molar-refractivity contribution is -0.759. The summed E-state index contributed by atoms with van der Waals surface area (Å²) in [6.45, 7) is 7.69. The minimum atomic E-state index is -6.42. The van der Waals surface area contributed by atoms with Gasteiger partial charge in [-0.05, 0) is 13.3 Å². The number of hydrogen-bond donors (Lipinski definition) is 0. The fraction of sp³-hybridized carbons (Fsp3) is 0.692. The molecule has 1 rings (SSSR count). The number of aromatic nitrogens is 2.